The molecule has 3 amide bonds. The molecule has 0 aliphatic rings. The molecule has 0 saturated heterocycles. The number of ether oxygens (including phenoxy) is 1. The van der Waals surface area contributed by atoms with Crippen molar-refractivity contribution in [1.29, 1.82) is 0 Å². The second kappa shape index (κ2) is 11.3. The number of nitrogens with one attached hydrogen (secondary N) is 2. The third kappa shape index (κ3) is 6.78. The first-order valence-electron chi connectivity index (χ1n) is 9.96. The molecule has 3 rings (SSSR count). The maximum atomic E-state index is 12.9. The fraction of sp³-hybridized carbons (Fsp3) is 0.130. The lowest BCUT2D eigenvalue weighted by atomic mass is 10.1. The highest BCUT2D eigenvalue weighted by molar-refractivity contribution is 7.93. The number of hydrogen-bond donors (Lipinski definition) is 2. The quantitative estimate of drug-likeness (QED) is 0.430. The minimum Gasteiger partial charge on any atom is -0.497 e. The number of anilines is 2. The third-order valence-electron chi connectivity index (χ3n) is 4.63. The predicted molar refractivity (Wildman–Crippen MR) is 135 cm³/mol. The van der Waals surface area contributed by atoms with E-state index in [4.69, 9.17) is 27.9 Å². The Hall–Kier alpha value is -3.47. The maximum absolute atomic E-state index is 12.9. The van der Waals surface area contributed by atoms with E-state index in [0.717, 1.165) is 0 Å². The van der Waals surface area contributed by atoms with Gasteiger partial charge in [-0.2, -0.15) is 4.36 Å². The Labute approximate surface area is 212 Å². The predicted octanol–water partition coefficient (Wildman–Crippen LogP) is 4.47. The number of pyridine rings is 1. The summed E-state index contributed by atoms with van der Waals surface area (Å²) >= 11 is 11.3. The zero-order chi connectivity index (χ0) is 25.6. The lowest BCUT2D eigenvalue weighted by molar-refractivity contribution is -0.115. The summed E-state index contributed by atoms with van der Waals surface area (Å²) in [5.74, 6) is -1.43. The van der Waals surface area contributed by atoms with Crippen LogP contribution in [0.25, 0.3) is 0 Å². The molecule has 2 N–H and O–H groups in total. The van der Waals surface area contributed by atoms with Crippen LogP contribution in [0.4, 0.5) is 11.5 Å². The number of hydrogen-bond acceptors (Lipinski definition) is 6. The van der Waals surface area contributed by atoms with E-state index in [9.17, 15) is 18.6 Å². The fourth-order valence-corrected chi connectivity index (χ4v) is 4.35. The molecule has 1 heterocycles. The fourth-order valence-electron chi connectivity index (χ4n) is 2.91. The van der Waals surface area contributed by atoms with Crippen LogP contribution in [0, 0.1) is 0 Å². The second-order valence-corrected chi connectivity index (χ2v) is 10.1. The van der Waals surface area contributed by atoms with Crippen molar-refractivity contribution < 1.29 is 23.3 Å². The lowest BCUT2D eigenvalue weighted by Crippen LogP contribution is -2.19. The summed E-state index contributed by atoms with van der Waals surface area (Å²) in [5.41, 5.74) is 0.600. The summed E-state index contributed by atoms with van der Waals surface area (Å²) in [4.78, 5) is 41.5. The van der Waals surface area contributed by atoms with Gasteiger partial charge < -0.3 is 15.4 Å². The Bertz CT molecular complexity index is 1390. The Kier molecular flexibility index (Phi) is 8.44. The van der Waals surface area contributed by atoms with Crippen molar-refractivity contribution in [3.05, 3.63) is 76.9 Å². The molecule has 1 unspecified atom stereocenters. The SMILES string of the molecule is COc1ccc(NC(=O)c2ccc(S(C)(=O)=NC(=O)CCl)cc2)c(C(=O)Nc2ccc(Cl)cn2)c1. The first kappa shape index (κ1) is 26.1. The van der Waals surface area contributed by atoms with E-state index in [1.165, 1.54) is 56.0 Å². The smallest absolute Gasteiger partial charge is 0.268 e. The molecular weight excluding hydrogens is 515 g/mol. The molecule has 0 bridgehead atoms. The highest BCUT2D eigenvalue weighted by atomic mass is 35.5. The van der Waals surface area contributed by atoms with Gasteiger partial charge in [0, 0.05) is 22.9 Å². The monoisotopic (exact) mass is 534 g/mol. The second-order valence-electron chi connectivity index (χ2n) is 7.13. The van der Waals surface area contributed by atoms with Crippen LogP contribution in [0.15, 0.2) is 70.1 Å². The molecule has 0 saturated carbocycles. The van der Waals surface area contributed by atoms with Crippen molar-refractivity contribution >= 4 is 62.2 Å². The zero-order valence-corrected chi connectivity index (χ0v) is 20.9. The number of alkyl halides is 1. The number of rotatable bonds is 7. The molecule has 9 nitrogen and oxygen atoms in total. The summed E-state index contributed by atoms with van der Waals surface area (Å²) in [6.45, 7) is 0. The van der Waals surface area contributed by atoms with Gasteiger partial charge >= 0.3 is 0 Å². The van der Waals surface area contributed by atoms with Crippen molar-refractivity contribution in [1.82, 2.24) is 4.98 Å². The maximum Gasteiger partial charge on any atom is 0.268 e. The van der Waals surface area contributed by atoms with Gasteiger partial charge in [0.1, 0.15) is 17.4 Å². The number of carbonyl (C=O) groups excluding carboxylic acids is 3. The van der Waals surface area contributed by atoms with Gasteiger partial charge in [0.25, 0.3) is 17.7 Å². The molecular formula is C23H20Cl2N4O5S. The number of amides is 3. The Morgan fingerprint density at radius 2 is 1.74 bits per heavy atom. The molecule has 12 heteroatoms. The van der Waals surface area contributed by atoms with E-state index >= 15 is 0 Å². The summed E-state index contributed by atoms with van der Waals surface area (Å²) < 4.78 is 21.5. The van der Waals surface area contributed by atoms with E-state index in [-0.39, 0.29) is 33.4 Å². The normalized spacial score (nSPS) is 12.2. The molecule has 0 aliphatic heterocycles. The van der Waals surface area contributed by atoms with Gasteiger partial charge in [0.15, 0.2) is 0 Å². The minimum absolute atomic E-state index is 0.140. The van der Waals surface area contributed by atoms with Gasteiger partial charge in [-0.25, -0.2) is 9.19 Å². The van der Waals surface area contributed by atoms with Gasteiger partial charge in [-0.05, 0) is 54.6 Å². The van der Waals surface area contributed by atoms with E-state index in [2.05, 4.69) is 20.0 Å². The molecule has 3 aromatic rings. The summed E-state index contributed by atoms with van der Waals surface area (Å²) in [6.07, 6.45) is 2.70. The summed E-state index contributed by atoms with van der Waals surface area (Å²) in [6, 6.07) is 13.5. The van der Waals surface area contributed by atoms with Crippen molar-refractivity contribution in [3.63, 3.8) is 0 Å². The van der Waals surface area contributed by atoms with Gasteiger partial charge in [-0.1, -0.05) is 11.6 Å². The number of aromatic nitrogens is 1. The molecule has 0 fully saturated rings. The number of nitrogens with zero attached hydrogens (tertiary/aromatic N) is 2. The molecule has 0 aliphatic carbocycles. The molecule has 2 aromatic carbocycles. The van der Waals surface area contributed by atoms with Crippen LogP contribution in [-0.2, 0) is 14.5 Å². The number of carbonyl (C=O) groups is 3. The van der Waals surface area contributed by atoms with Crippen molar-refractivity contribution in [2.45, 2.75) is 4.90 Å². The Morgan fingerprint density at radius 3 is 2.34 bits per heavy atom. The molecule has 0 spiro atoms. The number of methoxy groups -OCH3 is 1. The van der Waals surface area contributed by atoms with Crippen LogP contribution in [0.1, 0.15) is 20.7 Å². The Balaban J connectivity index is 1.84. The average molecular weight is 535 g/mol. The van der Waals surface area contributed by atoms with Crippen LogP contribution in [0.3, 0.4) is 0 Å². The van der Waals surface area contributed by atoms with E-state index < -0.39 is 27.5 Å². The van der Waals surface area contributed by atoms with Crippen LogP contribution < -0.4 is 15.4 Å². The largest absolute Gasteiger partial charge is 0.497 e. The lowest BCUT2D eigenvalue weighted by Gasteiger charge is -2.13. The van der Waals surface area contributed by atoms with Gasteiger partial charge in [-0.15, -0.1) is 11.6 Å². The summed E-state index contributed by atoms with van der Waals surface area (Å²) in [7, 11) is -1.55. The molecule has 0 radical (unpaired) electrons. The van der Waals surface area contributed by atoms with Gasteiger partial charge in [0.05, 0.1) is 33.1 Å². The highest BCUT2D eigenvalue weighted by Gasteiger charge is 2.17. The van der Waals surface area contributed by atoms with E-state index in [0.29, 0.717) is 10.8 Å². The third-order valence-corrected chi connectivity index (χ3v) is 6.78. The van der Waals surface area contributed by atoms with Crippen molar-refractivity contribution in [3.8, 4) is 5.75 Å². The molecule has 182 valence electrons. The minimum atomic E-state index is -3.00. The zero-order valence-electron chi connectivity index (χ0n) is 18.6. The average Bonchev–Trinajstić information content (AvgIpc) is 2.85. The number of halogens is 2. The first-order valence-corrected chi connectivity index (χ1v) is 12.8. The first-order chi connectivity index (χ1) is 16.6. The van der Waals surface area contributed by atoms with Crippen LogP contribution in [-0.4, -0.2) is 46.2 Å². The number of benzene rings is 2. The molecule has 1 atom stereocenters. The standard InChI is InChI=1S/C23H20Cl2N4O5S/c1-34-16-6-9-19(18(11-16)23(32)28-20-10-5-15(25)13-26-20)27-22(31)14-3-7-17(8-4-14)35(2,33)29-21(30)12-24/h3-11,13H,12H2,1-2H3,(H,27,31)(H,26,28,32). The van der Waals surface area contributed by atoms with Crippen molar-refractivity contribution in [2.24, 2.45) is 4.36 Å². The summed E-state index contributed by atoms with van der Waals surface area (Å²) in [5, 5.41) is 5.75. The van der Waals surface area contributed by atoms with Gasteiger partial charge in [-0.3, -0.25) is 14.4 Å². The molecule has 35 heavy (non-hydrogen) atoms. The van der Waals surface area contributed by atoms with Crippen LogP contribution in [0.5, 0.6) is 5.75 Å². The van der Waals surface area contributed by atoms with E-state index in [1.54, 1.807) is 18.2 Å². The molecule has 1 aromatic heterocycles. The van der Waals surface area contributed by atoms with E-state index in [1.807, 2.05) is 0 Å². The highest BCUT2D eigenvalue weighted by Crippen LogP contribution is 2.24. The van der Waals surface area contributed by atoms with Crippen LogP contribution in [0.2, 0.25) is 5.02 Å². The van der Waals surface area contributed by atoms with Crippen LogP contribution >= 0.6 is 23.2 Å². The van der Waals surface area contributed by atoms with Gasteiger partial charge in [0.2, 0.25) is 0 Å². The topological polar surface area (TPSA) is 127 Å². The van der Waals surface area contributed by atoms with Crippen molar-refractivity contribution in [2.75, 3.05) is 29.9 Å². The Morgan fingerprint density at radius 1 is 1.03 bits per heavy atom.